The molecule has 8 nitrogen and oxygen atoms in total. The lowest BCUT2D eigenvalue weighted by molar-refractivity contribution is -0.130. The number of hydrogen-bond acceptors (Lipinski definition) is 7. The largest absolute Gasteiger partial charge is 0.494 e. The molecule has 2 amide bonds. The van der Waals surface area contributed by atoms with Crippen molar-refractivity contribution in [3.63, 3.8) is 0 Å². The molecule has 2 fully saturated rings. The summed E-state index contributed by atoms with van der Waals surface area (Å²) >= 11 is 1.16. The number of amides is 2. The smallest absolute Gasteiger partial charge is 0.280 e. The fourth-order valence-electron chi connectivity index (χ4n) is 4.21. The van der Waals surface area contributed by atoms with Gasteiger partial charge in [-0.2, -0.15) is 0 Å². The zero-order chi connectivity index (χ0) is 27.0. The number of hydrogen-bond donors (Lipinski definition) is 1. The van der Waals surface area contributed by atoms with E-state index >= 15 is 0 Å². The van der Waals surface area contributed by atoms with Crippen molar-refractivity contribution in [1.82, 2.24) is 20.1 Å². The van der Waals surface area contributed by atoms with Gasteiger partial charge >= 0.3 is 0 Å². The van der Waals surface area contributed by atoms with Gasteiger partial charge in [-0.3, -0.25) is 19.9 Å². The van der Waals surface area contributed by atoms with Gasteiger partial charge < -0.3 is 9.64 Å². The van der Waals surface area contributed by atoms with Gasteiger partial charge in [0.15, 0.2) is 5.01 Å². The minimum atomic E-state index is -2.80. The van der Waals surface area contributed by atoms with E-state index in [2.05, 4.69) is 32.3 Å². The monoisotopic (exact) mass is 537 g/mol. The molecule has 5 rings (SSSR count). The van der Waals surface area contributed by atoms with Crippen LogP contribution in [-0.2, 0) is 4.79 Å². The van der Waals surface area contributed by atoms with E-state index in [0.717, 1.165) is 29.7 Å². The van der Waals surface area contributed by atoms with E-state index < -0.39 is 18.0 Å². The van der Waals surface area contributed by atoms with Crippen LogP contribution in [-0.4, -0.2) is 53.1 Å². The predicted molar refractivity (Wildman–Crippen MR) is 138 cm³/mol. The number of carbonyl (C=O) groups is 2. The average molecular weight is 538 g/mol. The zero-order valence-electron chi connectivity index (χ0n) is 21.0. The van der Waals surface area contributed by atoms with Gasteiger partial charge in [0.1, 0.15) is 11.4 Å². The maximum absolute atomic E-state index is 13.5. The fraction of sp³-hybridized carbons (Fsp3) is 0.370. The molecular weight excluding hydrogens is 512 g/mol. The molecule has 2 aliphatic rings. The standard InChI is InChI=1S/C27H25F2N5O3S/c1-34(2)26(36)20-11-17(20)15-7-8-16(18(10-15)19-12-21(24(28)29)30-13-22(19)37-3)25(35)31-27-33-32-23(38-27)9-6-14-4-5-14/h7-8,10,12-14,17,20,24H,4-5,11H2,1-3H3,(H,31,33,35)/t17?,20-/m1/s1. The van der Waals surface area contributed by atoms with E-state index in [0.29, 0.717) is 28.5 Å². The van der Waals surface area contributed by atoms with Crippen LogP contribution in [0.4, 0.5) is 13.9 Å². The van der Waals surface area contributed by atoms with Crippen LogP contribution in [0.5, 0.6) is 5.75 Å². The molecule has 1 N–H and O–H groups in total. The molecule has 0 aliphatic heterocycles. The molecular formula is C27H25F2N5O3S. The van der Waals surface area contributed by atoms with Gasteiger partial charge in [-0.05, 0) is 60.4 Å². The number of ether oxygens (including phenoxy) is 1. The summed E-state index contributed by atoms with van der Waals surface area (Å²) in [6.07, 6.45) is 1.27. The molecule has 3 aromatic rings. The fourth-order valence-corrected chi connectivity index (χ4v) is 4.81. The molecule has 196 valence electrons. The van der Waals surface area contributed by atoms with Gasteiger partial charge in [-0.25, -0.2) is 8.78 Å². The number of halogens is 2. The average Bonchev–Trinajstić information content (AvgIpc) is 3.84. The van der Waals surface area contributed by atoms with E-state index in [9.17, 15) is 18.4 Å². The third-order valence-corrected chi connectivity index (χ3v) is 7.25. The Balaban J connectivity index is 1.50. The molecule has 2 atom stereocenters. The van der Waals surface area contributed by atoms with Crippen molar-refractivity contribution in [1.29, 1.82) is 0 Å². The first-order chi connectivity index (χ1) is 18.2. The van der Waals surface area contributed by atoms with Gasteiger partial charge in [-0.15, -0.1) is 10.2 Å². The summed E-state index contributed by atoms with van der Waals surface area (Å²) in [6, 6.07) is 6.42. The lowest BCUT2D eigenvalue weighted by Crippen LogP contribution is -2.23. The second-order valence-corrected chi connectivity index (χ2v) is 10.5. The Bertz CT molecular complexity index is 1460. The Kier molecular flexibility index (Phi) is 7.08. The Hall–Kier alpha value is -3.91. The van der Waals surface area contributed by atoms with E-state index in [1.165, 1.54) is 19.4 Å². The van der Waals surface area contributed by atoms with E-state index in [4.69, 9.17) is 4.74 Å². The van der Waals surface area contributed by atoms with Crippen molar-refractivity contribution >= 4 is 28.3 Å². The summed E-state index contributed by atoms with van der Waals surface area (Å²) in [4.78, 5) is 31.2. The van der Waals surface area contributed by atoms with Crippen LogP contribution < -0.4 is 10.1 Å². The van der Waals surface area contributed by atoms with Crippen molar-refractivity contribution < 1.29 is 23.1 Å². The zero-order valence-corrected chi connectivity index (χ0v) is 21.8. The number of anilines is 1. The van der Waals surface area contributed by atoms with Crippen LogP contribution >= 0.6 is 11.3 Å². The van der Waals surface area contributed by atoms with Crippen LogP contribution in [0.15, 0.2) is 30.5 Å². The Labute approximate surface area is 222 Å². The minimum Gasteiger partial charge on any atom is -0.494 e. The number of methoxy groups -OCH3 is 1. The first kappa shape index (κ1) is 25.7. The molecule has 38 heavy (non-hydrogen) atoms. The number of nitrogens with one attached hydrogen (secondary N) is 1. The minimum absolute atomic E-state index is 0.0247. The maximum Gasteiger partial charge on any atom is 0.280 e. The van der Waals surface area contributed by atoms with Crippen molar-refractivity contribution in [3.8, 4) is 28.7 Å². The van der Waals surface area contributed by atoms with Gasteiger partial charge in [0, 0.05) is 37.1 Å². The molecule has 1 aromatic carbocycles. The number of alkyl halides is 2. The van der Waals surface area contributed by atoms with Crippen molar-refractivity contribution in [2.24, 2.45) is 11.8 Å². The highest BCUT2D eigenvalue weighted by molar-refractivity contribution is 7.15. The maximum atomic E-state index is 13.5. The summed E-state index contributed by atoms with van der Waals surface area (Å²) in [6.45, 7) is 0. The van der Waals surface area contributed by atoms with Crippen molar-refractivity contribution in [2.75, 3.05) is 26.5 Å². The first-order valence-electron chi connectivity index (χ1n) is 12.1. The third-order valence-electron chi connectivity index (χ3n) is 6.49. The number of benzene rings is 1. The molecule has 11 heteroatoms. The Morgan fingerprint density at radius 3 is 2.66 bits per heavy atom. The number of aromatic nitrogens is 3. The second kappa shape index (κ2) is 10.5. The molecule has 2 aromatic heterocycles. The molecule has 0 radical (unpaired) electrons. The van der Waals surface area contributed by atoms with Gasteiger partial charge in [0.2, 0.25) is 11.0 Å². The highest BCUT2D eigenvalue weighted by Gasteiger charge is 2.45. The normalized spacial score (nSPS) is 17.9. The lowest BCUT2D eigenvalue weighted by atomic mass is 9.94. The molecule has 0 spiro atoms. The molecule has 2 aliphatic carbocycles. The van der Waals surface area contributed by atoms with Crippen LogP contribution in [0.3, 0.4) is 0 Å². The van der Waals surface area contributed by atoms with Crippen LogP contribution in [0.1, 0.15) is 58.2 Å². The third kappa shape index (κ3) is 5.50. The number of rotatable bonds is 7. The summed E-state index contributed by atoms with van der Waals surface area (Å²) in [7, 11) is 4.83. The van der Waals surface area contributed by atoms with Crippen molar-refractivity contribution in [3.05, 3.63) is 52.3 Å². The summed E-state index contributed by atoms with van der Waals surface area (Å²) < 4.78 is 32.5. The van der Waals surface area contributed by atoms with E-state index in [-0.39, 0.29) is 34.2 Å². The number of carbonyl (C=O) groups excluding carboxylic acids is 2. The lowest BCUT2D eigenvalue weighted by Gasteiger charge is -2.16. The Morgan fingerprint density at radius 1 is 1.18 bits per heavy atom. The molecule has 0 saturated heterocycles. The number of nitrogens with zero attached hydrogens (tertiary/aromatic N) is 4. The van der Waals surface area contributed by atoms with Crippen LogP contribution in [0, 0.1) is 23.7 Å². The second-order valence-electron chi connectivity index (χ2n) is 9.51. The SMILES string of the molecule is COc1cnc(C(F)F)cc1-c1cc(C2C[C@H]2C(=O)N(C)C)ccc1C(=O)Nc1nnc(C#CC2CC2)s1. The van der Waals surface area contributed by atoms with E-state index in [1.807, 2.05) is 0 Å². The highest BCUT2D eigenvalue weighted by atomic mass is 32.1. The highest BCUT2D eigenvalue weighted by Crippen LogP contribution is 2.49. The van der Waals surface area contributed by atoms with Gasteiger partial charge in [0.05, 0.1) is 13.3 Å². The molecule has 2 heterocycles. The summed E-state index contributed by atoms with van der Waals surface area (Å²) in [5, 5.41) is 11.6. The summed E-state index contributed by atoms with van der Waals surface area (Å²) in [5.41, 5.74) is 1.32. The molecule has 0 bridgehead atoms. The van der Waals surface area contributed by atoms with Crippen molar-refractivity contribution in [2.45, 2.75) is 31.6 Å². The quantitative estimate of drug-likeness (QED) is 0.437. The van der Waals surface area contributed by atoms with Crippen LogP contribution in [0.2, 0.25) is 0 Å². The molecule has 1 unspecified atom stereocenters. The molecule has 2 saturated carbocycles. The van der Waals surface area contributed by atoms with Crippen LogP contribution in [0.25, 0.3) is 11.1 Å². The van der Waals surface area contributed by atoms with Gasteiger partial charge in [0.25, 0.3) is 12.3 Å². The topological polar surface area (TPSA) is 97.3 Å². The number of pyridine rings is 1. The Morgan fingerprint density at radius 2 is 1.97 bits per heavy atom. The first-order valence-corrected chi connectivity index (χ1v) is 12.9. The predicted octanol–water partition coefficient (Wildman–Crippen LogP) is 4.75. The summed E-state index contributed by atoms with van der Waals surface area (Å²) in [5.74, 6) is 6.08. The van der Waals surface area contributed by atoms with E-state index in [1.54, 1.807) is 37.2 Å². The van der Waals surface area contributed by atoms with Gasteiger partial charge in [-0.1, -0.05) is 23.3 Å².